The van der Waals surface area contributed by atoms with Crippen LogP contribution in [0.3, 0.4) is 0 Å². The number of aromatic nitrogens is 3. The van der Waals surface area contributed by atoms with Crippen LogP contribution in [0.15, 0.2) is 30.3 Å². The fourth-order valence-corrected chi connectivity index (χ4v) is 5.47. The Balaban J connectivity index is 1.47. The van der Waals surface area contributed by atoms with Crippen molar-refractivity contribution in [1.82, 2.24) is 19.7 Å². The third kappa shape index (κ3) is 4.91. The lowest BCUT2D eigenvalue weighted by Gasteiger charge is -2.38. The molecule has 14 heteroatoms. The monoisotopic (exact) mass is 593 g/mol. The summed E-state index contributed by atoms with van der Waals surface area (Å²) < 4.78 is 112. The van der Waals surface area contributed by atoms with E-state index in [0.29, 0.717) is 34.2 Å². The SMILES string of the molecule is CC(C)(N1Cc2cc(Cl)ccc2-n2c(nnc2C2CCN(c3c(F)ccc(C(F)(F)F)c3F)CC2)C1)C(F)(F)F. The van der Waals surface area contributed by atoms with Crippen molar-refractivity contribution in [1.29, 1.82) is 0 Å². The Morgan fingerprint density at radius 1 is 0.900 bits per heavy atom. The van der Waals surface area contributed by atoms with E-state index in [-0.39, 0.29) is 50.8 Å². The van der Waals surface area contributed by atoms with Crippen LogP contribution in [0.1, 0.15) is 55.4 Å². The summed E-state index contributed by atoms with van der Waals surface area (Å²) in [6.07, 6.45) is -8.97. The summed E-state index contributed by atoms with van der Waals surface area (Å²) in [5, 5.41) is 8.86. The van der Waals surface area contributed by atoms with Crippen LogP contribution >= 0.6 is 11.6 Å². The molecule has 0 atom stereocenters. The second-order valence-corrected chi connectivity index (χ2v) is 10.9. The first-order valence-corrected chi connectivity index (χ1v) is 12.8. The van der Waals surface area contributed by atoms with Gasteiger partial charge in [-0.15, -0.1) is 10.2 Å². The first-order valence-electron chi connectivity index (χ1n) is 12.4. The van der Waals surface area contributed by atoms with Gasteiger partial charge in [0.1, 0.15) is 22.9 Å². The number of fused-ring (bicyclic) bond motifs is 3. The van der Waals surface area contributed by atoms with E-state index in [1.807, 2.05) is 0 Å². The van der Waals surface area contributed by atoms with Crippen molar-refractivity contribution in [3.63, 3.8) is 0 Å². The van der Waals surface area contributed by atoms with E-state index in [4.69, 9.17) is 11.6 Å². The van der Waals surface area contributed by atoms with E-state index in [1.54, 1.807) is 22.8 Å². The summed E-state index contributed by atoms with van der Waals surface area (Å²) >= 11 is 6.19. The fourth-order valence-electron chi connectivity index (χ4n) is 5.28. The molecule has 3 heterocycles. The third-order valence-electron chi connectivity index (χ3n) is 7.76. The molecule has 1 saturated heterocycles. The molecule has 0 N–H and O–H groups in total. The Kier molecular flexibility index (Phi) is 7.05. The van der Waals surface area contributed by atoms with Crippen LogP contribution in [0.25, 0.3) is 5.69 Å². The molecule has 2 aliphatic rings. The van der Waals surface area contributed by atoms with Gasteiger partial charge in [-0.25, -0.2) is 8.78 Å². The van der Waals surface area contributed by atoms with E-state index in [0.717, 1.165) is 13.8 Å². The summed E-state index contributed by atoms with van der Waals surface area (Å²) in [7, 11) is 0. The maximum atomic E-state index is 14.7. The van der Waals surface area contributed by atoms with Crippen molar-refractivity contribution >= 4 is 17.3 Å². The van der Waals surface area contributed by atoms with Crippen molar-refractivity contribution in [2.24, 2.45) is 0 Å². The van der Waals surface area contributed by atoms with Gasteiger partial charge in [0.15, 0.2) is 11.6 Å². The number of anilines is 1. The number of rotatable bonds is 3. The first kappa shape index (κ1) is 28.6. The first-order chi connectivity index (χ1) is 18.6. The normalized spacial score (nSPS) is 17.5. The summed E-state index contributed by atoms with van der Waals surface area (Å²) in [4.78, 5) is 2.48. The Morgan fingerprint density at radius 3 is 2.20 bits per heavy atom. The highest BCUT2D eigenvalue weighted by molar-refractivity contribution is 6.30. The zero-order chi connectivity index (χ0) is 29.2. The van der Waals surface area contributed by atoms with Gasteiger partial charge < -0.3 is 4.90 Å². The van der Waals surface area contributed by atoms with Gasteiger partial charge in [0, 0.05) is 30.6 Å². The van der Waals surface area contributed by atoms with Crippen molar-refractivity contribution in [3.05, 3.63) is 69.8 Å². The van der Waals surface area contributed by atoms with Crippen LogP contribution in [-0.2, 0) is 19.3 Å². The second kappa shape index (κ2) is 9.86. The highest BCUT2D eigenvalue weighted by atomic mass is 35.5. The molecule has 5 nitrogen and oxygen atoms in total. The van der Waals surface area contributed by atoms with Crippen LogP contribution in [0.2, 0.25) is 5.02 Å². The zero-order valence-corrected chi connectivity index (χ0v) is 22.1. The van der Waals surface area contributed by atoms with Crippen LogP contribution in [0.5, 0.6) is 0 Å². The van der Waals surface area contributed by atoms with E-state index in [1.165, 1.54) is 9.80 Å². The average Bonchev–Trinajstić information content (AvgIpc) is 3.18. The Bertz CT molecular complexity index is 1420. The largest absolute Gasteiger partial charge is 0.419 e. The second-order valence-electron chi connectivity index (χ2n) is 10.5. The van der Waals surface area contributed by atoms with Gasteiger partial charge in [0.05, 0.1) is 17.8 Å². The van der Waals surface area contributed by atoms with Crippen LogP contribution in [-0.4, -0.2) is 44.5 Å². The van der Waals surface area contributed by atoms with E-state index < -0.39 is 40.8 Å². The molecule has 0 aliphatic carbocycles. The molecule has 0 radical (unpaired) electrons. The topological polar surface area (TPSA) is 37.2 Å². The zero-order valence-electron chi connectivity index (χ0n) is 21.3. The summed E-state index contributed by atoms with van der Waals surface area (Å²) in [6, 6.07) is 5.86. The van der Waals surface area contributed by atoms with Crippen LogP contribution in [0, 0.1) is 11.6 Å². The molecule has 2 aliphatic heterocycles. The van der Waals surface area contributed by atoms with Gasteiger partial charge in [-0.3, -0.25) is 9.47 Å². The molecular weight excluding hydrogens is 570 g/mol. The molecular formula is C26H24ClF8N5. The van der Waals surface area contributed by atoms with E-state index in [9.17, 15) is 35.1 Å². The molecule has 0 amide bonds. The molecule has 1 fully saturated rings. The standard InChI is InChI=1S/C26H24ClF8N5/c1-24(2,26(33,34)35)39-12-15-11-16(27)3-6-19(15)40-20(13-39)36-37-23(40)14-7-9-38(10-8-14)22-18(28)5-4-17(21(22)29)25(30,31)32/h3-6,11,14H,7-10,12-13H2,1-2H3. The van der Waals surface area contributed by atoms with E-state index in [2.05, 4.69) is 10.2 Å². The molecule has 1 aromatic heterocycles. The van der Waals surface area contributed by atoms with Crippen molar-refractivity contribution in [2.45, 2.75) is 63.6 Å². The molecule has 0 unspecified atom stereocenters. The molecule has 3 aromatic rings. The highest BCUT2D eigenvalue weighted by Gasteiger charge is 2.52. The Morgan fingerprint density at radius 2 is 1.57 bits per heavy atom. The van der Waals surface area contributed by atoms with Crippen LogP contribution in [0.4, 0.5) is 40.8 Å². The third-order valence-corrected chi connectivity index (χ3v) is 8.00. The predicted molar refractivity (Wildman–Crippen MR) is 131 cm³/mol. The van der Waals surface area contributed by atoms with Crippen LogP contribution < -0.4 is 4.90 Å². The summed E-state index contributed by atoms with van der Waals surface area (Å²) in [5.41, 5.74) is -3.38. The maximum Gasteiger partial charge on any atom is 0.419 e. The molecule has 0 bridgehead atoms. The minimum absolute atomic E-state index is 0.0305. The number of piperidine rings is 1. The lowest BCUT2D eigenvalue weighted by Crippen LogP contribution is -2.53. The van der Waals surface area contributed by atoms with Crippen molar-refractivity contribution in [3.8, 4) is 5.69 Å². The number of hydrogen-bond acceptors (Lipinski definition) is 4. The minimum Gasteiger partial charge on any atom is -0.367 e. The smallest absolute Gasteiger partial charge is 0.367 e. The maximum absolute atomic E-state index is 14.7. The number of benzene rings is 2. The number of alkyl halides is 6. The molecule has 40 heavy (non-hydrogen) atoms. The molecule has 5 rings (SSSR count). The number of nitrogens with zero attached hydrogens (tertiary/aromatic N) is 5. The number of halogens is 9. The quantitative estimate of drug-likeness (QED) is 0.300. The van der Waals surface area contributed by atoms with Gasteiger partial charge >= 0.3 is 12.4 Å². The molecule has 0 spiro atoms. The summed E-state index contributed by atoms with van der Waals surface area (Å²) in [5.74, 6) is -2.35. The van der Waals surface area contributed by atoms with Gasteiger partial charge in [-0.2, -0.15) is 26.3 Å². The predicted octanol–water partition coefficient (Wildman–Crippen LogP) is 7.26. The van der Waals surface area contributed by atoms with Gasteiger partial charge in [-0.05, 0) is 62.6 Å². The van der Waals surface area contributed by atoms with Crippen molar-refractivity contribution < 1.29 is 35.1 Å². The Hall–Kier alpha value is -2.93. The van der Waals surface area contributed by atoms with Gasteiger partial charge in [0.25, 0.3) is 0 Å². The fraction of sp³-hybridized carbons (Fsp3) is 0.462. The summed E-state index contributed by atoms with van der Waals surface area (Å²) in [6.45, 7) is 2.02. The molecule has 216 valence electrons. The van der Waals surface area contributed by atoms with Gasteiger partial charge in [-0.1, -0.05) is 11.6 Å². The Labute approximate surface area is 229 Å². The molecule has 2 aromatic carbocycles. The lowest BCUT2D eigenvalue weighted by molar-refractivity contribution is -0.224. The lowest BCUT2D eigenvalue weighted by atomic mass is 9.94. The van der Waals surface area contributed by atoms with Gasteiger partial charge in [0.2, 0.25) is 0 Å². The average molecular weight is 594 g/mol. The van der Waals surface area contributed by atoms with E-state index >= 15 is 0 Å². The van der Waals surface area contributed by atoms with Crippen molar-refractivity contribution in [2.75, 3.05) is 18.0 Å². The number of hydrogen-bond donors (Lipinski definition) is 0. The minimum atomic E-state index is -4.98. The molecule has 0 saturated carbocycles. The highest BCUT2D eigenvalue weighted by Crippen LogP contribution is 2.42.